The van der Waals surface area contributed by atoms with E-state index in [4.69, 9.17) is 5.73 Å². The topological polar surface area (TPSA) is 68.0 Å². The zero-order valence-electron chi connectivity index (χ0n) is 11.5. The number of primary amides is 1. The van der Waals surface area contributed by atoms with E-state index >= 15 is 0 Å². The highest BCUT2D eigenvalue weighted by molar-refractivity contribution is 5.94. The second kappa shape index (κ2) is 5.52. The van der Waals surface area contributed by atoms with Gasteiger partial charge in [0.05, 0.1) is 17.3 Å². The lowest BCUT2D eigenvalue weighted by molar-refractivity contribution is 0.0996. The zero-order valence-corrected chi connectivity index (χ0v) is 11.5. The minimum atomic E-state index is -0.765. The van der Waals surface area contributed by atoms with Gasteiger partial charge in [-0.2, -0.15) is 0 Å². The molecule has 21 heavy (non-hydrogen) atoms. The van der Waals surface area contributed by atoms with Gasteiger partial charge in [0.2, 0.25) is 0 Å². The number of nitrogens with one attached hydrogen (secondary N) is 1. The van der Waals surface area contributed by atoms with Crippen LogP contribution in [0.15, 0.2) is 36.5 Å². The fraction of sp³-hybridized carbons (Fsp3) is 0.250. The number of carbonyl (C=O) groups excluding carboxylic acids is 1. The number of aromatic nitrogens is 1. The Bertz CT molecular complexity index is 687. The molecule has 0 spiro atoms. The molecule has 1 heterocycles. The van der Waals surface area contributed by atoms with Crippen LogP contribution < -0.4 is 11.1 Å². The molecular formula is C16H16FN3O. The number of pyridine rings is 1. The van der Waals surface area contributed by atoms with Crippen molar-refractivity contribution < 1.29 is 9.18 Å². The summed E-state index contributed by atoms with van der Waals surface area (Å²) < 4.78 is 13.5. The maximum absolute atomic E-state index is 13.5. The molecule has 5 heteroatoms. The van der Waals surface area contributed by atoms with Crippen molar-refractivity contribution in [1.29, 1.82) is 0 Å². The Morgan fingerprint density at radius 2 is 2.24 bits per heavy atom. The molecule has 1 amide bonds. The smallest absolute Gasteiger partial charge is 0.251 e. The number of amides is 1. The third kappa shape index (κ3) is 2.72. The first-order chi connectivity index (χ1) is 10.1. The largest absolute Gasteiger partial charge is 0.377 e. The van der Waals surface area contributed by atoms with E-state index in [1.54, 1.807) is 12.3 Å². The molecule has 1 aromatic heterocycles. The van der Waals surface area contributed by atoms with E-state index in [0.717, 1.165) is 25.0 Å². The first kappa shape index (κ1) is 13.5. The van der Waals surface area contributed by atoms with Gasteiger partial charge < -0.3 is 11.1 Å². The van der Waals surface area contributed by atoms with Crippen molar-refractivity contribution in [3.63, 3.8) is 0 Å². The van der Waals surface area contributed by atoms with Crippen molar-refractivity contribution in [1.82, 2.24) is 4.98 Å². The molecule has 1 unspecified atom stereocenters. The number of fused-ring (bicyclic) bond motifs is 1. The van der Waals surface area contributed by atoms with Crippen molar-refractivity contribution in [3.8, 4) is 0 Å². The number of carbonyl (C=O) groups is 1. The number of rotatable bonds is 3. The van der Waals surface area contributed by atoms with Crippen LogP contribution in [-0.4, -0.2) is 10.9 Å². The summed E-state index contributed by atoms with van der Waals surface area (Å²) in [5.74, 6) is -1.37. The van der Waals surface area contributed by atoms with E-state index in [2.05, 4.69) is 16.4 Å². The molecule has 1 aromatic carbocycles. The highest BCUT2D eigenvalue weighted by Gasteiger charge is 2.21. The van der Waals surface area contributed by atoms with E-state index in [-0.39, 0.29) is 11.6 Å². The first-order valence-corrected chi connectivity index (χ1v) is 6.95. The van der Waals surface area contributed by atoms with Crippen molar-refractivity contribution >= 4 is 11.6 Å². The fourth-order valence-corrected chi connectivity index (χ4v) is 2.75. The van der Waals surface area contributed by atoms with Gasteiger partial charge >= 0.3 is 0 Å². The SMILES string of the molecule is NC(=O)c1cc(NC2CCCc3cccnc32)ccc1F. The normalized spacial score (nSPS) is 17.1. The Balaban J connectivity index is 1.88. The van der Waals surface area contributed by atoms with Crippen molar-refractivity contribution in [2.75, 3.05) is 5.32 Å². The van der Waals surface area contributed by atoms with Gasteiger partial charge in [-0.15, -0.1) is 0 Å². The highest BCUT2D eigenvalue weighted by Crippen LogP contribution is 2.31. The maximum Gasteiger partial charge on any atom is 0.251 e. The molecule has 1 aliphatic rings. The van der Waals surface area contributed by atoms with Crippen LogP contribution in [0.4, 0.5) is 10.1 Å². The molecule has 0 radical (unpaired) electrons. The van der Waals surface area contributed by atoms with Crippen LogP contribution in [0.1, 0.15) is 40.5 Å². The number of anilines is 1. The van der Waals surface area contributed by atoms with Crippen LogP contribution in [-0.2, 0) is 6.42 Å². The molecule has 0 bridgehead atoms. The second-order valence-electron chi connectivity index (χ2n) is 5.20. The number of hydrogen-bond acceptors (Lipinski definition) is 3. The van der Waals surface area contributed by atoms with Crippen molar-refractivity contribution in [2.24, 2.45) is 5.73 Å². The van der Waals surface area contributed by atoms with Gasteiger partial charge in [-0.3, -0.25) is 9.78 Å². The van der Waals surface area contributed by atoms with Gasteiger partial charge in [-0.1, -0.05) is 6.07 Å². The van der Waals surface area contributed by atoms with Crippen LogP contribution in [0.5, 0.6) is 0 Å². The van der Waals surface area contributed by atoms with Gasteiger partial charge in [0.1, 0.15) is 5.82 Å². The van der Waals surface area contributed by atoms with Crippen molar-refractivity contribution in [2.45, 2.75) is 25.3 Å². The number of nitrogens with zero attached hydrogens (tertiary/aromatic N) is 1. The monoisotopic (exact) mass is 285 g/mol. The van der Waals surface area contributed by atoms with Gasteiger partial charge in [-0.05, 0) is 49.1 Å². The fourth-order valence-electron chi connectivity index (χ4n) is 2.75. The average Bonchev–Trinajstić information content (AvgIpc) is 2.49. The number of halogens is 1. The number of benzene rings is 1. The molecule has 0 fully saturated rings. The number of nitrogens with two attached hydrogens (primary N) is 1. The van der Waals surface area contributed by atoms with Crippen LogP contribution in [0.2, 0.25) is 0 Å². The Morgan fingerprint density at radius 1 is 1.38 bits per heavy atom. The summed E-state index contributed by atoms with van der Waals surface area (Å²) in [7, 11) is 0. The molecule has 2 aromatic rings. The summed E-state index contributed by atoms with van der Waals surface area (Å²) in [6.45, 7) is 0. The molecular weight excluding hydrogens is 269 g/mol. The van der Waals surface area contributed by atoms with E-state index in [1.165, 1.54) is 17.7 Å². The summed E-state index contributed by atoms with van der Waals surface area (Å²) in [6, 6.07) is 8.40. The molecule has 3 N–H and O–H groups in total. The molecule has 1 aliphatic carbocycles. The van der Waals surface area contributed by atoms with Gasteiger partial charge in [-0.25, -0.2) is 4.39 Å². The third-order valence-corrected chi connectivity index (χ3v) is 3.77. The lowest BCUT2D eigenvalue weighted by Gasteiger charge is -2.26. The Hall–Kier alpha value is -2.43. The van der Waals surface area contributed by atoms with Crippen LogP contribution in [0.3, 0.4) is 0 Å². The minimum Gasteiger partial charge on any atom is -0.377 e. The lowest BCUT2D eigenvalue weighted by atomic mass is 9.91. The Kier molecular flexibility index (Phi) is 3.56. The maximum atomic E-state index is 13.5. The van der Waals surface area contributed by atoms with E-state index in [0.29, 0.717) is 5.69 Å². The Morgan fingerprint density at radius 3 is 3.05 bits per heavy atom. The van der Waals surface area contributed by atoms with E-state index in [1.807, 2.05) is 6.07 Å². The summed E-state index contributed by atoms with van der Waals surface area (Å²) in [5, 5.41) is 3.32. The molecule has 4 nitrogen and oxygen atoms in total. The highest BCUT2D eigenvalue weighted by atomic mass is 19.1. The summed E-state index contributed by atoms with van der Waals surface area (Å²) >= 11 is 0. The number of hydrogen-bond donors (Lipinski definition) is 2. The predicted molar refractivity (Wildman–Crippen MR) is 78.5 cm³/mol. The first-order valence-electron chi connectivity index (χ1n) is 6.95. The molecule has 0 saturated carbocycles. The second-order valence-corrected chi connectivity index (χ2v) is 5.20. The molecule has 0 saturated heterocycles. The Labute approximate surface area is 122 Å². The predicted octanol–water partition coefficient (Wildman–Crippen LogP) is 2.81. The minimum absolute atomic E-state index is 0.0705. The van der Waals surface area contributed by atoms with Gasteiger partial charge in [0, 0.05) is 11.9 Å². The molecule has 3 rings (SSSR count). The van der Waals surface area contributed by atoms with Crippen LogP contribution in [0.25, 0.3) is 0 Å². The third-order valence-electron chi connectivity index (χ3n) is 3.77. The quantitative estimate of drug-likeness (QED) is 0.911. The molecule has 1 atom stereocenters. The van der Waals surface area contributed by atoms with Gasteiger partial charge in [0.15, 0.2) is 0 Å². The molecule has 0 aliphatic heterocycles. The van der Waals surface area contributed by atoms with E-state index in [9.17, 15) is 9.18 Å². The summed E-state index contributed by atoms with van der Waals surface area (Å²) in [4.78, 5) is 15.7. The summed E-state index contributed by atoms with van der Waals surface area (Å²) in [6.07, 6.45) is 4.82. The van der Waals surface area contributed by atoms with Crippen LogP contribution in [0, 0.1) is 5.82 Å². The zero-order chi connectivity index (χ0) is 14.8. The number of aryl methyl sites for hydroxylation is 1. The van der Waals surface area contributed by atoms with Gasteiger partial charge in [0.25, 0.3) is 5.91 Å². The average molecular weight is 285 g/mol. The van der Waals surface area contributed by atoms with Crippen molar-refractivity contribution in [3.05, 3.63) is 59.2 Å². The van der Waals surface area contributed by atoms with Crippen LogP contribution >= 0.6 is 0 Å². The van der Waals surface area contributed by atoms with E-state index < -0.39 is 11.7 Å². The summed E-state index contributed by atoms with van der Waals surface area (Å²) in [5.41, 5.74) is 8.01. The lowest BCUT2D eigenvalue weighted by Crippen LogP contribution is -2.19. The standard InChI is InChI=1S/C16H16FN3O/c17-13-7-6-11(9-12(13)16(18)21)20-14-5-1-3-10-4-2-8-19-15(10)14/h2,4,6-9,14,20H,1,3,5H2,(H2,18,21). The molecule has 108 valence electrons.